The van der Waals surface area contributed by atoms with E-state index in [-0.39, 0.29) is 39.4 Å². The van der Waals surface area contributed by atoms with Crippen molar-refractivity contribution < 1.29 is 39.0 Å². The van der Waals surface area contributed by atoms with Crippen molar-refractivity contribution in [3.8, 4) is 33.9 Å². The van der Waals surface area contributed by atoms with E-state index in [0.717, 1.165) is 51.6 Å². The average Bonchev–Trinajstić information content (AvgIpc) is 3.22. The van der Waals surface area contributed by atoms with Crippen molar-refractivity contribution in [3.63, 3.8) is 0 Å². The first kappa shape index (κ1) is 25.9. The van der Waals surface area contributed by atoms with E-state index in [1.54, 1.807) is 12.1 Å². The van der Waals surface area contributed by atoms with Gasteiger partial charge in [0.05, 0.1) is 5.56 Å². The van der Waals surface area contributed by atoms with Crippen LogP contribution in [0.25, 0.3) is 22.3 Å². The summed E-state index contributed by atoms with van der Waals surface area (Å²) >= 11 is 0. The number of rotatable bonds is 4. The maximum atomic E-state index is 13.1. The second-order valence-corrected chi connectivity index (χ2v) is 8.89. The van der Waals surface area contributed by atoms with Gasteiger partial charge < -0.3 is 4.74 Å². The monoisotopic (exact) mass is 685 g/mol. The van der Waals surface area contributed by atoms with Crippen LogP contribution in [0.4, 0.5) is 13.2 Å². The smallest absolute Gasteiger partial charge is 0.460 e. The van der Waals surface area contributed by atoms with Crippen molar-refractivity contribution in [2.45, 2.75) is 13.1 Å². The number of aromatic nitrogens is 2. The molecule has 188 valence electrons. The Morgan fingerprint density at radius 1 is 0.789 bits per heavy atom. The molecule has 6 rings (SSSR count). The van der Waals surface area contributed by atoms with Gasteiger partial charge in [-0.3, -0.25) is 4.98 Å². The molecule has 5 aromatic rings. The number of nitrogens with zero attached hydrogens (tertiary/aromatic N) is 2. The molecule has 2 aromatic heterocycles. The van der Waals surface area contributed by atoms with E-state index >= 15 is 0 Å². The van der Waals surface area contributed by atoms with E-state index < -0.39 is 11.7 Å². The Hall–Kier alpha value is -3.70. The zero-order valence-corrected chi connectivity index (χ0v) is 22.3. The molecule has 0 atom stereocenters. The van der Waals surface area contributed by atoms with E-state index in [1.807, 2.05) is 43.5 Å². The summed E-state index contributed by atoms with van der Waals surface area (Å²) in [6, 6.07) is 30.2. The predicted molar refractivity (Wildman–Crippen MR) is 138 cm³/mol. The standard InChI is InChI=1S/C30H18BF3N2O.Pt/c1-19-11-13-35-28(15-19)31-26-8-3-2-7-24(26)25-10-9-21(17-27(25)31)20-5-4-6-23(16-20)37-29-18-22(12-14-36-29)30(32,33)34;/h2-15,18H,1H3;/q-2;+2. The van der Waals surface area contributed by atoms with Crippen molar-refractivity contribution in [1.29, 1.82) is 0 Å². The Labute approximate surface area is 233 Å². The number of fused-ring (bicyclic) bond motifs is 3. The van der Waals surface area contributed by atoms with Crippen LogP contribution in [-0.4, -0.2) is 16.7 Å². The zero-order chi connectivity index (χ0) is 25.6. The van der Waals surface area contributed by atoms with E-state index in [1.165, 1.54) is 5.46 Å². The normalized spacial score (nSPS) is 11.9. The summed E-state index contributed by atoms with van der Waals surface area (Å²) in [5.41, 5.74) is 7.24. The zero-order valence-electron chi connectivity index (χ0n) is 20.0. The molecule has 3 heterocycles. The van der Waals surface area contributed by atoms with Gasteiger partial charge in [0.2, 0.25) is 12.6 Å². The Bertz CT molecular complexity index is 1640. The predicted octanol–water partition coefficient (Wildman–Crippen LogP) is 5.36. The summed E-state index contributed by atoms with van der Waals surface area (Å²) in [6.45, 7) is 1.99. The average molecular weight is 685 g/mol. The minimum absolute atomic E-state index is 0. The fourth-order valence-corrected chi connectivity index (χ4v) is 4.72. The largest absolute Gasteiger partial charge is 2.00 e. The Morgan fingerprint density at radius 3 is 2.39 bits per heavy atom. The number of benzene rings is 3. The minimum atomic E-state index is -4.48. The quantitative estimate of drug-likeness (QED) is 0.185. The van der Waals surface area contributed by atoms with Gasteiger partial charge >= 0.3 is 27.2 Å². The SMILES string of the molecule is Cc1ccnc(B2c3[c-]c(-c4[c-]c(Oc5cc(C(F)(F)F)ccn5)ccc4)ccc3-c3ccccc32)c1.[Pt+2]. The summed E-state index contributed by atoms with van der Waals surface area (Å²) < 4.78 is 44.9. The molecule has 3 nitrogen and oxygen atoms in total. The van der Waals surface area contributed by atoms with Gasteiger partial charge in [0.15, 0.2) is 0 Å². The van der Waals surface area contributed by atoms with Gasteiger partial charge in [0.1, 0.15) is 0 Å². The van der Waals surface area contributed by atoms with Gasteiger partial charge in [-0.2, -0.15) is 42.9 Å². The molecule has 1 aliphatic heterocycles. The third kappa shape index (κ3) is 4.91. The van der Waals surface area contributed by atoms with Crippen molar-refractivity contribution in [3.05, 3.63) is 115 Å². The number of hydrogen-bond donors (Lipinski definition) is 0. The summed E-state index contributed by atoms with van der Waals surface area (Å²) in [5, 5.41) is 0. The topological polar surface area (TPSA) is 35.0 Å². The number of alkyl halides is 3. The molecule has 0 unspecified atom stereocenters. The molecule has 0 saturated heterocycles. The second-order valence-electron chi connectivity index (χ2n) is 8.89. The fourth-order valence-electron chi connectivity index (χ4n) is 4.72. The number of ether oxygens (including phenoxy) is 1. The molecule has 0 spiro atoms. The van der Waals surface area contributed by atoms with Crippen molar-refractivity contribution in [2.75, 3.05) is 0 Å². The summed E-state index contributed by atoms with van der Waals surface area (Å²) in [7, 11) is 0. The van der Waals surface area contributed by atoms with Crippen molar-refractivity contribution >= 4 is 23.2 Å². The third-order valence-corrected chi connectivity index (χ3v) is 6.39. The van der Waals surface area contributed by atoms with Crippen molar-refractivity contribution in [2.24, 2.45) is 0 Å². The molecule has 0 radical (unpaired) electrons. The number of hydrogen-bond acceptors (Lipinski definition) is 3. The first-order valence-corrected chi connectivity index (χ1v) is 11.7. The third-order valence-electron chi connectivity index (χ3n) is 6.39. The van der Waals surface area contributed by atoms with Crippen LogP contribution in [0, 0.1) is 19.1 Å². The minimum Gasteiger partial charge on any atom is -0.460 e. The van der Waals surface area contributed by atoms with Crippen LogP contribution < -0.4 is 21.3 Å². The maximum absolute atomic E-state index is 13.1. The van der Waals surface area contributed by atoms with Crippen molar-refractivity contribution in [1.82, 2.24) is 9.97 Å². The first-order valence-electron chi connectivity index (χ1n) is 11.7. The molecule has 0 saturated carbocycles. The van der Waals surface area contributed by atoms with Crippen LogP contribution in [-0.2, 0) is 27.2 Å². The number of halogens is 3. The van der Waals surface area contributed by atoms with E-state index in [2.05, 4.69) is 46.4 Å². The Morgan fingerprint density at radius 2 is 1.58 bits per heavy atom. The number of aryl methyl sites for hydroxylation is 1. The molecule has 0 aliphatic carbocycles. The van der Waals surface area contributed by atoms with Gasteiger partial charge in [-0.1, -0.05) is 35.3 Å². The van der Waals surface area contributed by atoms with Gasteiger partial charge in [-0.05, 0) is 30.7 Å². The van der Waals surface area contributed by atoms with Gasteiger partial charge in [-0.25, -0.2) is 16.1 Å². The maximum Gasteiger partial charge on any atom is 2.00 e. The Kier molecular flexibility index (Phi) is 6.98. The molecule has 0 bridgehead atoms. The molecule has 0 N–H and O–H groups in total. The van der Waals surface area contributed by atoms with Crippen LogP contribution in [0.2, 0.25) is 0 Å². The molecule has 1 aliphatic rings. The van der Waals surface area contributed by atoms with E-state index in [9.17, 15) is 13.2 Å². The van der Waals surface area contributed by atoms with Crippen LogP contribution in [0.15, 0.2) is 91.3 Å². The van der Waals surface area contributed by atoms with Crippen LogP contribution >= 0.6 is 0 Å². The summed E-state index contributed by atoms with van der Waals surface area (Å²) in [5.74, 6) is 0.112. The summed E-state index contributed by atoms with van der Waals surface area (Å²) in [4.78, 5) is 8.59. The van der Waals surface area contributed by atoms with Crippen LogP contribution in [0.5, 0.6) is 11.6 Å². The van der Waals surface area contributed by atoms with Gasteiger partial charge in [-0.15, -0.1) is 23.8 Å². The molecule has 38 heavy (non-hydrogen) atoms. The molecule has 8 heteroatoms. The fraction of sp³-hybridized carbons (Fsp3) is 0.0667. The van der Waals surface area contributed by atoms with Gasteiger partial charge in [0.25, 0.3) is 0 Å². The van der Waals surface area contributed by atoms with Gasteiger partial charge in [0, 0.05) is 29.8 Å². The van der Waals surface area contributed by atoms with Crippen LogP contribution in [0.3, 0.4) is 0 Å². The summed E-state index contributed by atoms with van der Waals surface area (Å²) in [6.07, 6.45) is -1.58. The molecule has 0 amide bonds. The second kappa shape index (κ2) is 10.2. The first-order chi connectivity index (χ1) is 17.9. The molecular weight excluding hydrogens is 667 g/mol. The molecule has 3 aromatic carbocycles. The number of pyridine rings is 2. The van der Waals surface area contributed by atoms with E-state index in [0.29, 0.717) is 5.56 Å². The molecule has 0 fully saturated rings. The van der Waals surface area contributed by atoms with Crippen LogP contribution in [0.1, 0.15) is 11.1 Å². The molecular formula is C30H18BF3N2OPt. The Balaban J connectivity index is 0.00000294. The van der Waals surface area contributed by atoms with E-state index in [4.69, 9.17) is 4.74 Å².